The van der Waals surface area contributed by atoms with E-state index in [1.54, 1.807) is 12.1 Å². The van der Waals surface area contributed by atoms with Crippen LogP contribution in [-0.4, -0.2) is 56.2 Å². The smallest absolute Gasteiger partial charge is 0.232 e. The zero-order valence-electron chi connectivity index (χ0n) is 18.9. The van der Waals surface area contributed by atoms with Crippen LogP contribution >= 0.6 is 0 Å². The second-order valence-electron chi connectivity index (χ2n) is 7.93. The fourth-order valence-corrected chi connectivity index (χ4v) is 4.23. The van der Waals surface area contributed by atoms with E-state index < -0.39 is 11.8 Å². The minimum absolute atomic E-state index is 0.0696. The average molecular weight is 457 g/mol. The number of methoxy groups -OCH3 is 3. The number of nitrogens with one attached hydrogen (secondary N) is 2. The third-order valence-corrected chi connectivity index (χ3v) is 5.85. The number of benzene rings is 1. The maximum absolute atomic E-state index is 13.2. The topological polar surface area (TPSA) is 141 Å². The Morgan fingerprint density at radius 1 is 1.09 bits per heavy atom. The van der Waals surface area contributed by atoms with Crippen LogP contribution in [0.5, 0.6) is 17.2 Å². The molecule has 0 unspecified atom stereocenters. The fraction of sp³-hybridized carbons (Fsp3) is 0.455. The second kappa shape index (κ2) is 9.39. The molecular formula is C22H28N6O5. The second-order valence-corrected chi connectivity index (χ2v) is 7.93. The van der Waals surface area contributed by atoms with Crippen molar-refractivity contribution in [2.24, 2.45) is 0 Å². The number of ether oxygens (including phenoxy) is 3. The Morgan fingerprint density at radius 2 is 1.76 bits per heavy atom. The van der Waals surface area contributed by atoms with Crippen LogP contribution in [0.3, 0.4) is 0 Å². The molecule has 11 nitrogen and oxygen atoms in total. The zero-order chi connectivity index (χ0) is 23.5. The standard InChI is InChI=1S/C22H28N6O5/c1-31-14-9-12(10-15(32-2)18(14)33-3)24-21(30)13-11-16(29)25-20-17(13)19(23)26-22(27-20)28-7-5-4-6-8-28/h9-10,13H,4-8,11H2,1-3H3,(H,24,30)(H3,23,25,26,27,29)/t13-/m0/s1. The molecule has 3 heterocycles. The quantitative estimate of drug-likeness (QED) is 0.596. The van der Waals surface area contributed by atoms with Crippen molar-refractivity contribution in [1.29, 1.82) is 0 Å². The minimum atomic E-state index is -0.844. The number of nitrogens with zero attached hydrogens (tertiary/aromatic N) is 3. The normalized spacial score (nSPS) is 17.6. The summed E-state index contributed by atoms with van der Waals surface area (Å²) in [5.74, 6) is 0.556. The molecule has 176 valence electrons. The lowest BCUT2D eigenvalue weighted by Crippen LogP contribution is -2.35. The van der Waals surface area contributed by atoms with Crippen LogP contribution in [0, 0.1) is 0 Å². The number of rotatable bonds is 6. The van der Waals surface area contributed by atoms with Crippen LogP contribution < -0.4 is 35.5 Å². The number of aromatic nitrogens is 2. The van der Waals surface area contributed by atoms with Crippen molar-refractivity contribution in [2.45, 2.75) is 31.6 Å². The van der Waals surface area contributed by atoms with Crippen molar-refractivity contribution in [3.8, 4) is 17.2 Å². The average Bonchev–Trinajstić information content (AvgIpc) is 2.82. The number of fused-ring (bicyclic) bond motifs is 1. The number of nitrogens with two attached hydrogens (primary N) is 1. The SMILES string of the molecule is COc1cc(NC(=O)[C@H]2CC(=O)Nc3nc(N4CCCCC4)nc(N)c32)cc(OC)c1OC. The number of anilines is 4. The molecule has 1 atom stereocenters. The van der Waals surface area contributed by atoms with Crippen molar-refractivity contribution in [3.63, 3.8) is 0 Å². The Kier molecular flexibility index (Phi) is 6.38. The van der Waals surface area contributed by atoms with E-state index in [1.807, 2.05) is 4.90 Å². The van der Waals surface area contributed by atoms with Crippen LogP contribution in [0.25, 0.3) is 0 Å². The molecule has 1 aromatic heterocycles. The summed E-state index contributed by atoms with van der Waals surface area (Å²) in [6.07, 6.45) is 3.19. The molecule has 2 aliphatic rings. The molecular weight excluding hydrogens is 428 g/mol. The maximum Gasteiger partial charge on any atom is 0.232 e. The van der Waals surface area contributed by atoms with Gasteiger partial charge in [-0.25, -0.2) is 0 Å². The van der Waals surface area contributed by atoms with Crippen LogP contribution in [-0.2, 0) is 9.59 Å². The van der Waals surface area contributed by atoms with E-state index in [2.05, 4.69) is 20.6 Å². The van der Waals surface area contributed by atoms with E-state index >= 15 is 0 Å². The number of hydrogen-bond acceptors (Lipinski definition) is 9. The lowest BCUT2D eigenvalue weighted by molar-refractivity contribution is -0.123. The highest BCUT2D eigenvalue weighted by Gasteiger charge is 2.35. The van der Waals surface area contributed by atoms with Crippen molar-refractivity contribution in [2.75, 3.05) is 55.7 Å². The van der Waals surface area contributed by atoms with E-state index in [0.29, 0.717) is 34.4 Å². The summed E-state index contributed by atoms with van der Waals surface area (Å²) in [4.78, 5) is 36.7. The summed E-state index contributed by atoms with van der Waals surface area (Å²) in [5, 5.41) is 5.57. The molecule has 0 radical (unpaired) electrons. The van der Waals surface area contributed by atoms with E-state index in [0.717, 1.165) is 32.4 Å². The fourth-order valence-electron chi connectivity index (χ4n) is 4.23. The molecule has 1 fully saturated rings. The molecule has 2 amide bonds. The molecule has 0 saturated carbocycles. The van der Waals surface area contributed by atoms with Crippen LogP contribution in [0.15, 0.2) is 12.1 Å². The molecule has 0 bridgehead atoms. The first kappa shape index (κ1) is 22.4. The molecule has 11 heteroatoms. The first-order chi connectivity index (χ1) is 15.9. The summed E-state index contributed by atoms with van der Waals surface area (Å²) in [7, 11) is 4.47. The lowest BCUT2D eigenvalue weighted by atomic mass is 9.91. The van der Waals surface area contributed by atoms with Gasteiger partial charge in [0.25, 0.3) is 0 Å². The van der Waals surface area contributed by atoms with Gasteiger partial charge in [-0.15, -0.1) is 0 Å². The van der Waals surface area contributed by atoms with E-state index in [9.17, 15) is 9.59 Å². The number of piperidine rings is 1. The lowest BCUT2D eigenvalue weighted by Gasteiger charge is -2.30. The zero-order valence-corrected chi connectivity index (χ0v) is 18.9. The van der Waals surface area contributed by atoms with Gasteiger partial charge in [-0.05, 0) is 19.3 Å². The Hall–Kier alpha value is -3.76. The number of carbonyl (C=O) groups excluding carboxylic acids is 2. The largest absolute Gasteiger partial charge is 0.493 e. The van der Waals surface area contributed by atoms with Crippen molar-refractivity contribution < 1.29 is 23.8 Å². The van der Waals surface area contributed by atoms with E-state index in [-0.39, 0.29) is 24.0 Å². The summed E-state index contributed by atoms with van der Waals surface area (Å²) in [6.45, 7) is 1.66. The van der Waals surface area contributed by atoms with Gasteiger partial charge in [0.2, 0.25) is 23.5 Å². The summed E-state index contributed by atoms with van der Waals surface area (Å²) >= 11 is 0. The number of amides is 2. The van der Waals surface area contributed by atoms with E-state index in [4.69, 9.17) is 19.9 Å². The van der Waals surface area contributed by atoms with Crippen LogP contribution in [0.2, 0.25) is 0 Å². The highest BCUT2D eigenvalue weighted by molar-refractivity contribution is 6.05. The van der Waals surface area contributed by atoms with Gasteiger partial charge in [-0.1, -0.05) is 0 Å². The molecule has 2 aliphatic heterocycles. The van der Waals surface area contributed by atoms with Gasteiger partial charge < -0.3 is 35.5 Å². The minimum Gasteiger partial charge on any atom is -0.493 e. The molecule has 33 heavy (non-hydrogen) atoms. The van der Waals surface area contributed by atoms with E-state index in [1.165, 1.54) is 21.3 Å². The van der Waals surface area contributed by atoms with Gasteiger partial charge >= 0.3 is 0 Å². The van der Waals surface area contributed by atoms with Crippen molar-refractivity contribution >= 4 is 35.1 Å². The summed E-state index contributed by atoms with van der Waals surface area (Å²) < 4.78 is 16.0. The molecule has 0 spiro atoms. The third-order valence-electron chi connectivity index (χ3n) is 5.85. The molecule has 0 aliphatic carbocycles. The van der Waals surface area contributed by atoms with Gasteiger partial charge in [0, 0.05) is 37.3 Å². The van der Waals surface area contributed by atoms with Crippen molar-refractivity contribution in [3.05, 3.63) is 17.7 Å². The van der Waals surface area contributed by atoms with Gasteiger partial charge in [0.05, 0.1) is 32.8 Å². The van der Waals surface area contributed by atoms with Crippen LogP contribution in [0.1, 0.15) is 37.2 Å². The van der Waals surface area contributed by atoms with Crippen molar-refractivity contribution in [1.82, 2.24) is 9.97 Å². The number of hydrogen-bond donors (Lipinski definition) is 3. The van der Waals surface area contributed by atoms with Gasteiger partial charge in [-0.3, -0.25) is 9.59 Å². The highest BCUT2D eigenvalue weighted by Crippen LogP contribution is 2.41. The first-order valence-electron chi connectivity index (χ1n) is 10.8. The predicted molar refractivity (Wildman–Crippen MR) is 123 cm³/mol. The van der Waals surface area contributed by atoms with Gasteiger partial charge in [-0.2, -0.15) is 9.97 Å². The molecule has 4 N–H and O–H groups in total. The van der Waals surface area contributed by atoms with Gasteiger partial charge in [0.15, 0.2) is 11.5 Å². The number of nitrogen functional groups attached to an aromatic ring is 1. The Balaban J connectivity index is 1.64. The Labute approximate surface area is 191 Å². The molecule has 4 rings (SSSR count). The van der Waals surface area contributed by atoms with Crippen LogP contribution in [0.4, 0.5) is 23.3 Å². The summed E-state index contributed by atoms with van der Waals surface area (Å²) in [5.41, 5.74) is 7.12. The first-order valence-corrected chi connectivity index (χ1v) is 10.8. The molecule has 1 aromatic carbocycles. The monoisotopic (exact) mass is 456 g/mol. The predicted octanol–water partition coefficient (Wildman–Crippen LogP) is 2.14. The summed E-state index contributed by atoms with van der Waals surface area (Å²) in [6, 6.07) is 3.23. The van der Waals surface area contributed by atoms with Gasteiger partial charge in [0.1, 0.15) is 11.6 Å². The molecule has 1 saturated heterocycles. The Morgan fingerprint density at radius 3 is 2.36 bits per heavy atom. The molecule has 2 aromatic rings. The highest BCUT2D eigenvalue weighted by atomic mass is 16.5. The number of carbonyl (C=O) groups is 2. The Bertz CT molecular complexity index is 1040. The maximum atomic E-state index is 13.2. The third kappa shape index (κ3) is 4.43.